The standard InChI is InChI=1S/C20H20ClN3O2/c1-13-4-7-19(15(3)10-13)26-12-24-9-8-18(23-24)20(25)22-16-6-5-14(2)17(21)11-16/h4-11H,12H2,1-3H3,(H,22,25). The van der Waals surface area contributed by atoms with Crippen LogP contribution in [-0.2, 0) is 6.73 Å². The Hall–Kier alpha value is -2.79. The Morgan fingerprint density at radius 1 is 1.12 bits per heavy atom. The van der Waals surface area contributed by atoms with Gasteiger partial charge in [-0.25, -0.2) is 4.68 Å². The van der Waals surface area contributed by atoms with Crippen LogP contribution in [0, 0.1) is 20.8 Å². The van der Waals surface area contributed by atoms with Gasteiger partial charge in [0.25, 0.3) is 5.91 Å². The van der Waals surface area contributed by atoms with Crippen LogP contribution in [0.15, 0.2) is 48.7 Å². The number of aryl methyl sites for hydroxylation is 3. The number of amides is 1. The van der Waals surface area contributed by atoms with E-state index >= 15 is 0 Å². The highest BCUT2D eigenvalue weighted by Gasteiger charge is 2.11. The molecule has 0 atom stereocenters. The molecule has 0 saturated carbocycles. The number of aromatic nitrogens is 2. The van der Waals surface area contributed by atoms with Crippen LogP contribution in [-0.4, -0.2) is 15.7 Å². The van der Waals surface area contributed by atoms with Gasteiger partial charge in [-0.05, 0) is 56.2 Å². The molecule has 0 saturated heterocycles. The fraction of sp³-hybridized carbons (Fsp3) is 0.200. The van der Waals surface area contributed by atoms with Crippen LogP contribution >= 0.6 is 11.6 Å². The van der Waals surface area contributed by atoms with Gasteiger partial charge in [0, 0.05) is 16.9 Å². The molecule has 0 bridgehead atoms. The van der Waals surface area contributed by atoms with E-state index in [0.29, 0.717) is 16.4 Å². The minimum Gasteiger partial charge on any atom is -0.471 e. The van der Waals surface area contributed by atoms with Crippen molar-refractivity contribution in [2.45, 2.75) is 27.5 Å². The Morgan fingerprint density at radius 3 is 2.65 bits per heavy atom. The molecule has 0 unspecified atom stereocenters. The summed E-state index contributed by atoms with van der Waals surface area (Å²) >= 11 is 6.08. The maximum Gasteiger partial charge on any atom is 0.276 e. The quantitative estimate of drug-likeness (QED) is 0.706. The first-order valence-electron chi connectivity index (χ1n) is 8.23. The van der Waals surface area contributed by atoms with Crippen LogP contribution in [0.5, 0.6) is 5.75 Å². The first-order chi connectivity index (χ1) is 12.4. The number of carbonyl (C=O) groups excluding carboxylic acids is 1. The summed E-state index contributed by atoms with van der Waals surface area (Å²) in [6.45, 7) is 6.17. The van der Waals surface area contributed by atoms with Gasteiger partial charge in [-0.2, -0.15) is 5.10 Å². The number of halogens is 1. The number of benzene rings is 2. The van der Waals surface area contributed by atoms with Gasteiger partial charge in [0.1, 0.15) is 5.75 Å². The first-order valence-corrected chi connectivity index (χ1v) is 8.61. The van der Waals surface area contributed by atoms with Crippen molar-refractivity contribution in [3.8, 4) is 5.75 Å². The molecule has 3 aromatic rings. The fourth-order valence-corrected chi connectivity index (χ4v) is 2.70. The zero-order valence-corrected chi connectivity index (χ0v) is 15.7. The Bertz CT molecular complexity index is 950. The number of hydrogen-bond acceptors (Lipinski definition) is 3. The van der Waals surface area contributed by atoms with Gasteiger partial charge in [0.15, 0.2) is 12.4 Å². The molecule has 0 radical (unpaired) electrons. The molecule has 1 N–H and O–H groups in total. The van der Waals surface area contributed by atoms with E-state index in [0.717, 1.165) is 16.9 Å². The van der Waals surface area contributed by atoms with Crippen LogP contribution in [0.3, 0.4) is 0 Å². The number of rotatable bonds is 5. The van der Waals surface area contributed by atoms with E-state index in [1.165, 1.54) is 5.56 Å². The molecular weight excluding hydrogens is 350 g/mol. The molecule has 0 spiro atoms. The Kier molecular flexibility index (Phi) is 5.28. The summed E-state index contributed by atoms with van der Waals surface area (Å²) in [6, 6.07) is 13.0. The molecule has 3 rings (SSSR count). The third kappa shape index (κ3) is 4.24. The largest absolute Gasteiger partial charge is 0.471 e. The van der Waals surface area contributed by atoms with E-state index in [9.17, 15) is 4.79 Å². The molecule has 26 heavy (non-hydrogen) atoms. The minimum absolute atomic E-state index is 0.230. The lowest BCUT2D eigenvalue weighted by molar-refractivity contribution is 0.102. The molecule has 1 amide bonds. The smallest absolute Gasteiger partial charge is 0.276 e. The highest BCUT2D eigenvalue weighted by Crippen LogP contribution is 2.21. The fourth-order valence-electron chi connectivity index (χ4n) is 2.52. The monoisotopic (exact) mass is 369 g/mol. The molecule has 134 valence electrons. The first kappa shape index (κ1) is 18.0. The van der Waals surface area contributed by atoms with Gasteiger partial charge in [-0.15, -0.1) is 0 Å². The van der Waals surface area contributed by atoms with Crippen LogP contribution < -0.4 is 10.1 Å². The maximum atomic E-state index is 12.3. The minimum atomic E-state index is -0.296. The molecular formula is C20H20ClN3O2. The van der Waals surface area contributed by atoms with Crippen molar-refractivity contribution in [2.24, 2.45) is 0 Å². The normalized spacial score (nSPS) is 10.6. The molecule has 0 fully saturated rings. The lowest BCUT2D eigenvalue weighted by Crippen LogP contribution is -2.14. The summed E-state index contributed by atoms with van der Waals surface area (Å²) in [5.74, 6) is 0.501. The lowest BCUT2D eigenvalue weighted by atomic mass is 10.1. The summed E-state index contributed by atoms with van der Waals surface area (Å²) in [5, 5.41) is 7.65. The second-order valence-corrected chi connectivity index (χ2v) is 6.61. The van der Waals surface area contributed by atoms with Crippen molar-refractivity contribution in [1.82, 2.24) is 9.78 Å². The van der Waals surface area contributed by atoms with Crippen molar-refractivity contribution in [2.75, 3.05) is 5.32 Å². The molecule has 2 aromatic carbocycles. The predicted molar refractivity (Wildman–Crippen MR) is 103 cm³/mol. The Balaban J connectivity index is 1.63. The number of anilines is 1. The SMILES string of the molecule is Cc1ccc(OCn2ccc(C(=O)Nc3ccc(C)c(Cl)c3)n2)c(C)c1. The van der Waals surface area contributed by atoms with Crippen molar-refractivity contribution in [3.05, 3.63) is 76.1 Å². The summed E-state index contributed by atoms with van der Waals surface area (Å²) in [7, 11) is 0. The average Bonchev–Trinajstić information content (AvgIpc) is 3.06. The molecule has 6 heteroatoms. The number of carbonyl (C=O) groups is 1. The predicted octanol–water partition coefficient (Wildman–Crippen LogP) is 4.75. The third-order valence-electron chi connectivity index (χ3n) is 3.99. The van der Waals surface area contributed by atoms with Gasteiger partial charge in [-0.1, -0.05) is 35.4 Å². The molecule has 0 aliphatic rings. The van der Waals surface area contributed by atoms with Gasteiger partial charge >= 0.3 is 0 Å². The number of hydrogen-bond donors (Lipinski definition) is 1. The van der Waals surface area contributed by atoms with Crippen molar-refractivity contribution in [3.63, 3.8) is 0 Å². The van der Waals surface area contributed by atoms with E-state index in [-0.39, 0.29) is 12.6 Å². The topological polar surface area (TPSA) is 56.1 Å². The summed E-state index contributed by atoms with van der Waals surface area (Å²) in [5.41, 5.74) is 4.14. The van der Waals surface area contributed by atoms with Gasteiger partial charge in [0.05, 0.1) is 0 Å². The van der Waals surface area contributed by atoms with Crippen molar-refractivity contribution < 1.29 is 9.53 Å². The summed E-state index contributed by atoms with van der Waals surface area (Å²) in [6.07, 6.45) is 1.71. The number of nitrogens with one attached hydrogen (secondary N) is 1. The Morgan fingerprint density at radius 2 is 1.92 bits per heavy atom. The van der Waals surface area contributed by atoms with Crippen LogP contribution in [0.25, 0.3) is 0 Å². The number of nitrogens with zero attached hydrogens (tertiary/aromatic N) is 2. The van der Waals surface area contributed by atoms with E-state index in [1.54, 1.807) is 29.1 Å². The van der Waals surface area contributed by atoms with Gasteiger partial charge in [-0.3, -0.25) is 4.79 Å². The van der Waals surface area contributed by atoms with E-state index in [4.69, 9.17) is 16.3 Å². The molecule has 1 aromatic heterocycles. The van der Waals surface area contributed by atoms with Crippen LogP contribution in [0.1, 0.15) is 27.2 Å². The highest BCUT2D eigenvalue weighted by molar-refractivity contribution is 6.31. The zero-order valence-electron chi connectivity index (χ0n) is 14.9. The second kappa shape index (κ2) is 7.62. The average molecular weight is 370 g/mol. The van der Waals surface area contributed by atoms with Gasteiger partial charge < -0.3 is 10.1 Å². The zero-order chi connectivity index (χ0) is 18.7. The lowest BCUT2D eigenvalue weighted by Gasteiger charge is -2.09. The molecule has 1 heterocycles. The highest BCUT2D eigenvalue weighted by atomic mass is 35.5. The van der Waals surface area contributed by atoms with Crippen LogP contribution in [0.4, 0.5) is 5.69 Å². The summed E-state index contributed by atoms with van der Waals surface area (Å²) < 4.78 is 7.35. The summed E-state index contributed by atoms with van der Waals surface area (Å²) in [4.78, 5) is 12.3. The van der Waals surface area contributed by atoms with Gasteiger partial charge in [0.2, 0.25) is 0 Å². The second-order valence-electron chi connectivity index (χ2n) is 6.20. The van der Waals surface area contributed by atoms with E-state index < -0.39 is 0 Å². The van der Waals surface area contributed by atoms with Crippen molar-refractivity contribution >= 4 is 23.2 Å². The number of ether oxygens (including phenoxy) is 1. The molecule has 5 nitrogen and oxygen atoms in total. The van der Waals surface area contributed by atoms with E-state index in [1.807, 2.05) is 39.0 Å². The van der Waals surface area contributed by atoms with Crippen molar-refractivity contribution in [1.29, 1.82) is 0 Å². The van der Waals surface area contributed by atoms with Crippen LogP contribution in [0.2, 0.25) is 5.02 Å². The Labute approximate surface area is 157 Å². The molecule has 0 aliphatic carbocycles. The maximum absolute atomic E-state index is 12.3. The van der Waals surface area contributed by atoms with E-state index in [2.05, 4.69) is 16.5 Å². The molecule has 0 aliphatic heterocycles. The third-order valence-corrected chi connectivity index (χ3v) is 4.39.